The minimum Gasteiger partial charge on any atom is -0.371 e. The first-order valence-corrected chi connectivity index (χ1v) is 8.38. The zero-order chi connectivity index (χ0) is 15.5. The largest absolute Gasteiger partial charge is 0.371 e. The number of aryl methyl sites for hydroxylation is 1. The molecule has 2 aliphatic rings. The second-order valence-electron chi connectivity index (χ2n) is 6.18. The highest BCUT2D eigenvalue weighted by Gasteiger charge is 2.33. The van der Waals surface area contributed by atoms with E-state index in [4.69, 9.17) is 4.74 Å². The number of aromatic nitrogens is 2. The molecule has 1 amide bonds. The predicted molar refractivity (Wildman–Crippen MR) is 83.4 cm³/mol. The van der Waals surface area contributed by atoms with Gasteiger partial charge in [-0.05, 0) is 32.7 Å². The lowest BCUT2D eigenvalue weighted by Crippen LogP contribution is -2.43. The highest BCUT2D eigenvalue weighted by Crippen LogP contribution is 2.29. The van der Waals surface area contributed by atoms with Crippen LogP contribution in [0.5, 0.6) is 0 Å². The molecule has 0 radical (unpaired) electrons. The Bertz CT molecular complexity index is 512. The Balaban J connectivity index is 1.57. The summed E-state index contributed by atoms with van der Waals surface area (Å²) in [7, 11) is 0. The number of nitrogens with one attached hydrogen (secondary N) is 1. The summed E-state index contributed by atoms with van der Waals surface area (Å²) in [6, 6.07) is 0.675. The van der Waals surface area contributed by atoms with E-state index in [1.807, 2.05) is 17.1 Å². The second-order valence-corrected chi connectivity index (χ2v) is 6.18. The van der Waals surface area contributed by atoms with Gasteiger partial charge in [0.05, 0.1) is 18.8 Å². The summed E-state index contributed by atoms with van der Waals surface area (Å²) in [5.41, 5.74) is 1.05. The van der Waals surface area contributed by atoms with Gasteiger partial charge in [-0.3, -0.25) is 14.4 Å². The van der Waals surface area contributed by atoms with Crippen LogP contribution in [0.4, 0.5) is 0 Å². The Kier molecular flexibility index (Phi) is 4.78. The summed E-state index contributed by atoms with van der Waals surface area (Å²) in [6.45, 7) is 7.14. The molecule has 1 saturated carbocycles. The van der Waals surface area contributed by atoms with Gasteiger partial charge in [0.2, 0.25) is 5.91 Å². The average molecular weight is 306 g/mol. The van der Waals surface area contributed by atoms with E-state index < -0.39 is 0 Å². The Hall–Kier alpha value is -1.40. The lowest BCUT2D eigenvalue weighted by molar-refractivity contribution is -0.123. The van der Waals surface area contributed by atoms with Crippen LogP contribution in [0, 0.1) is 0 Å². The van der Waals surface area contributed by atoms with E-state index in [0.717, 1.165) is 25.1 Å². The standard InChI is InChI=1S/C16H26N4O2/c1-3-19(13-5-6-13)11-15(21)18-14-7-8-22-16(14)12-9-17-20(4-2)10-12/h9-10,13-14,16H,3-8,11H2,1-2H3,(H,18,21)/t14-,16+/m0/s1. The molecule has 1 aromatic heterocycles. The minimum absolute atomic E-state index is 0.0555. The highest BCUT2D eigenvalue weighted by atomic mass is 16.5. The van der Waals surface area contributed by atoms with Crippen LogP contribution >= 0.6 is 0 Å². The van der Waals surface area contributed by atoms with E-state index in [1.54, 1.807) is 0 Å². The average Bonchev–Trinajstić information content (AvgIpc) is 3.07. The van der Waals surface area contributed by atoms with E-state index in [-0.39, 0.29) is 18.1 Å². The van der Waals surface area contributed by atoms with Crippen LogP contribution in [0.2, 0.25) is 0 Å². The minimum atomic E-state index is -0.0692. The van der Waals surface area contributed by atoms with Crippen molar-refractivity contribution in [1.29, 1.82) is 0 Å². The van der Waals surface area contributed by atoms with Crippen molar-refractivity contribution in [3.8, 4) is 0 Å². The van der Waals surface area contributed by atoms with Crippen molar-refractivity contribution in [3.63, 3.8) is 0 Å². The second kappa shape index (κ2) is 6.79. The van der Waals surface area contributed by atoms with E-state index in [1.165, 1.54) is 12.8 Å². The van der Waals surface area contributed by atoms with Gasteiger partial charge in [0.25, 0.3) is 0 Å². The number of hydrogen-bond acceptors (Lipinski definition) is 4. The zero-order valence-corrected chi connectivity index (χ0v) is 13.5. The number of amides is 1. The van der Waals surface area contributed by atoms with Crippen LogP contribution in [0.1, 0.15) is 44.8 Å². The van der Waals surface area contributed by atoms with Gasteiger partial charge in [0, 0.05) is 31.0 Å². The maximum absolute atomic E-state index is 12.3. The highest BCUT2D eigenvalue weighted by molar-refractivity contribution is 5.78. The molecule has 2 atom stereocenters. The van der Waals surface area contributed by atoms with Gasteiger partial charge in [0.1, 0.15) is 6.10 Å². The topological polar surface area (TPSA) is 59.4 Å². The molecule has 0 aromatic carbocycles. The zero-order valence-electron chi connectivity index (χ0n) is 13.5. The van der Waals surface area contributed by atoms with Crippen molar-refractivity contribution in [2.45, 2.75) is 57.8 Å². The SMILES string of the molecule is CCN(CC(=O)N[C@H]1CCO[C@@H]1c1cnn(CC)c1)C1CC1. The molecule has 1 aliphatic heterocycles. The molecule has 0 unspecified atom stereocenters. The normalized spacial score (nSPS) is 24.9. The third kappa shape index (κ3) is 3.50. The molecule has 1 aromatic rings. The van der Waals surface area contributed by atoms with Gasteiger partial charge in [-0.2, -0.15) is 5.10 Å². The molecular formula is C16H26N4O2. The number of ether oxygens (including phenoxy) is 1. The third-order valence-corrected chi connectivity index (χ3v) is 4.56. The van der Waals surface area contributed by atoms with E-state index in [0.29, 0.717) is 19.2 Å². The van der Waals surface area contributed by atoms with Crippen molar-refractivity contribution in [3.05, 3.63) is 18.0 Å². The summed E-state index contributed by atoms with van der Waals surface area (Å²) < 4.78 is 7.71. The van der Waals surface area contributed by atoms with Gasteiger partial charge >= 0.3 is 0 Å². The fraction of sp³-hybridized carbons (Fsp3) is 0.750. The number of hydrogen-bond donors (Lipinski definition) is 1. The lowest BCUT2D eigenvalue weighted by Gasteiger charge is -2.23. The molecule has 0 spiro atoms. The molecule has 22 heavy (non-hydrogen) atoms. The van der Waals surface area contributed by atoms with Crippen LogP contribution in [-0.4, -0.2) is 52.4 Å². The molecule has 1 saturated heterocycles. The molecular weight excluding hydrogens is 280 g/mol. The first-order chi connectivity index (χ1) is 10.7. The first-order valence-electron chi connectivity index (χ1n) is 8.38. The molecule has 2 heterocycles. The molecule has 6 nitrogen and oxygen atoms in total. The Labute approximate surface area is 131 Å². The van der Waals surface area contributed by atoms with Gasteiger partial charge < -0.3 is 10.1 Å². The summed E-state index contributed by atoms with van der Waals surface area (Å²) in [6.07, 6.45) is 7.11. The quantitative estimate of drug-likeness (QED) is 0.826. The maximum Gasteiger partial charge on any atom is 0.234 e. The Morgan fingerprint density at radius 3 is 2.91 bits per heavy atom. The number of likely N-dealkylation sites (N-methyl/N-ethyl adjacent to an activating group) is 1. The van der Waals surface area contributed by atoms with Gasteiger partial charge in [-0.15, -0.1) is 0 Å². The third-order valence-electron chi connectivity index (χ3n) is 4.56. The van der Waals surface area contributed by atoms with E-state index in [9.17, 15) is 4.79 Å². The molecule has 0 bridgehead atoms. The summed E-state index contributed by atoms with van der Waals surface area (Å²) >= 11 is 0. The lowest BCUT2D eigenvalue weighted by atomic mass is 10.1. The van der Waals surface area contributed by atoms with E-state index >= 15 is 0 Å². The van der Waals surface area contributed by atoms with Crippen molar-refractivity contribution < 1.29 is 9.53 Å². The Morgan fingerprint density at radius 2 is 2.27 bits per heavy atom. The summed E-state index contributed by atoms with van der Waals surface area (Å²) in [5.74, 6) is 0.108. The molecule has 2 fully saturated rings. The molecule has 1 aliphatic carbocycles. The van der Waals surface area contributed by atoms with Crippen molar-refractivity contribution >= 4 is 5.91 Å². The molecule has 3 rings (SSSR count). The predicted octanol–water partition coefficient (Wildman–Crippen LogP) is 1.33. The van der Waals surface area contributed by atoms with Crippen LogP contribution in [-0.2, 0) is 16.1 Å². The summed E-state index contributed by atoms with van der Waals surface area (Å²) in [5, 5.41) is 7.46. The molecule has 1 N–H and O–H groups in total. The maximum atomic E-state index is 12.3. The summed E-state index contributed by atoms with van der Waals surface area (Å²) in [4.78, 5) is 14.6. The van der Waals surface area contributed by atoms with Crippen molar-refractivity contribution in [1.82, 2.24) is 20.0 Å². The van der Waals surface area contributed by atoms with E-state index in [2.05, 4.69) is 29.2 Å². The fourth-order valence-electron chi connectivity index (χ4n) is 3.14. The van der Waals surface area contributed by atoms with Gasteiger partial charge in [-0.25, -0.2) is 0 Å². The van der Waals surface area contributed by atoms with Crippen molar-refractivity contribution in [2.75, 3.05) is 19.7 Å². The van der Waals surface area contributed by atoms with Crippen LogP contribution < -0.4 is 5.32 Å². The molecule has 122 valence electrons. The fourth-order valence-corrected chi connectivity index (χ4v) is 3.14. The monoisotopic (exact) mass is 306 g/mol. The number of nitrogens with zero attached hydrogens (tertiary/aromatic N) is 3. The number of rotatable bonds is 7. The Morgan fingerprint density at radius 1 is 1.45 bits per heavy atom. The van der Waals surface area contributed by atoms with Gasteiger partial charge in [0.15, 0.2) is 0 Å². The smallest absolute Gasteiger partial charge is 0.234 e. The van der Waals surface area contributed by atoms with Crippen molar-refractivity contribution in [2.24, 2.45) is 0 Å². The molecule has 6 heteroatoms. The van der Waals surface area contributed by atoms with Crippen LogP contribution in [0.15, 0.2) is 12.4 Å². The first kappa shape index (κ1) is 15.5. The van der Waals surface area contributed by atoms with Crippen LogP contribution in [0.25, 0.3) is 0 Å². The van der Waals surface area contributed by atoms with Crippen LogP contribution in [0.3, 0.4) is 0 Å². The number of carbonyl (C=O) groups excluding carboxylic acids is 1. The van der Waals surface area contributed by atoms with Gasteiger partial charge in [-0.1, -0.05) is 6.92 Å². The number of carbonyl (C=O) groups is 1.